The Morgan fingerprint density at radius 2 is 1.35 bits per heavy atom. The highest BCUT2D eigenvalue weighted by molar-refractivity contribution is 6.32. The van der Waals surface area contributed by atoms with Gasteiger partial charge in [-0.3, -0.25) is 0 Å². The Morgan fingerprint density at radius 3 is 2.06 bits per heavy atom. The van der Waals surface area contributed by atoms with Gasteiger partial charge < -0.3 is 14.6 Å². The molecule has 0 radical (unpaired) electrons. The summed E-state index contributed by atoms with van der Waals surface area (Å²) < 4.78 is 13.4. The summed E-state index contributed by atoms with van der Waals surface area (Å²) in [5.41, 5.74) is 2.31. The third-order valence-electron chi connectivity index (χ3n) is 4.75. The molecule has 3 aromatic carbocycles. The van der Waals surface area contributed by atoms with E-state index in [0.29, 0.717) is 28.8 Å². The highest BCUT2D eigenvalue weighted by atomic mass is 35.5. The number of nitrogens with zero attached hydrogens (tertiary/aromatic N) is 1. The van der Waals surface area contributed by atoms with Crippen LogP contribution < -0.4 is 14.0 Å². The van der Waals surface area contributed by atoms with Crippen LogP contribution in [0.5, 0.6) is 17.2 Å². The molecule has 1 N–H and O–H groups in total. The van der Waals surface area contributed by atoms with Crippen molar-refractivity contribution < 1.29 is 19.1 Å². The second kappa shape index (κ2) is 10.1. The van der Waals surface area contributed by atoms with Gasteiger partial charge >= 0.3 is 0 Å². The second-order valence-electron chi connectivity index (χ2n) is 7.12. The molecule has 0 unspecified atom stereocenters. The molecule has 0 saturated carbocycles. The molecule has 0 bridgehead atoms. The fourth-order valence-electron chi connectivity index (χ4n) is 3.15. The van der Waals surface area contributed by atoms with Crippen LogP contribution in [-0.4, -0.2) is 17.8 Å². The Morgan fingerprint density at radius 1 is 0.742 bits per heavy atom. The Kier molecular flexibility index (Phi) is 6.82. The topological polar surface area (TPSA) is 42.6 Å². The lowest BCUT2D eigenvalue weighted by molar-refractivity contribution is -0.703. The molecule has 0 saturated heterocycles. The summed E-state index contributed by atoms with van der Waals surface area (Å²) in [6, 6.07) is 28.8. The molecular weight excluding hydrogens is 410 g/mol. The number of ether oxygens (including phenoxy) is 2. The van der Waals surface area contributed by atoms with E-state index < -0.39 is 6.10 Å². The molecule has 4 rings (SSSR count). The molecule has 31 heavy (non-hydrogen) atoms. The van der Waals surface area contributed by atoms with E-state index in [1.54, 1.807) is 18.2 Å². The smallest absolute Gasteiger partial charge is 0.177 e. The van der Waals surface area contributed by atoms with Crippen molar-refractivity contribution in [3.05, 3.63) is 108 Å². The van der Waals surface area contributed by atoms with Crippen molar-refractivity contribution in [2.24, 2.45) is 0 Å². The maximum Gasteiger partial charge on any atom is 0.177 e. The van der Waals surface area contributed by atoms with E-state index in [1.807, 2.05) is 77.6 Å². The van der Waals surface area contributed by atoms with Gasteiger partial charge in [-0.25, -0.2) is 4.57 Å². The Labute approximate surface area is 186 Å². The van der Waals surface area contributed by atoms with Gasteiger partial charge in [-0.15, -0.1) is 0 Å². The molecule has 0 aliphatic rings. The molecule has 1 atom stereocenters. The van der Waals surface area contributed by atoms with Gasteiger partial charge in [0.05, 0.1) is 5.02 Å². The van der Waals surface area contributed by atoms with Crippen LogP contribution in [0.4, 0.5) is 0 Å². The summed E-state index contributed by atoms with van der Waals surface area (Å²) in [6.45, 7) is 0.640. The van der Waals surface area contributed by atoms with Crippen molar-refractivity contribution in [1.82, 2.24) is 0 Å². The van der Waals surface area contributed by atoms with Crippen molar-refractivity contribution in [2.75, 3.05) is 6.61 Å². The first kappa shape index (κ1) is 20.9. The molecule has 156 valence electrons. The zero-order chi connectivity index (χ0) is 21.5. The SMILES string of the molecule is O[C@H](COc1ccc(Oc2ccccc2Cl)cc1)C[n+]1ccc(-c2ccccc2)cc1. The Balaban J connectivity index is 1.27. The van der Waals surface area contributed by atoms with E-state index in [1.165, 1.54) is 5.56 Å². The average molecular weight is 433 g/mol. The summed E-state index contributed by atoms with van der Waals surface area (Å²) >= 11 is 6.12. The van der Waals surface area contributed by atoms with Crippen molar-refractivity contribution in [3.63, 3.8) is 0 Å². The monoisotopic (exact) mass is 432 g/mol. The summed E-state index contributed by atoms with van der Waals surface area (Å²) in [4.78, 5) is 0. The fourth-order valence-corrected chi connectivity index (χ4v) is 3.32. The van der Waals surface area contributed by atoms with Crippen LogP contribution in [0.3, 0.4) is 0 Å². The van der Waals surface area contributed by atoms with Gasteiger partial charge in [-0.05, 0) is 47.5 Å². The average Bonchev–Trinajstić information content (AvgIpc) is 2.81. The quantitative estimate of drug-likeness (QED) is 0.372. The maximum atomic E-state index is 10.3. The molecule has 0 aliphatic heterocycles. The number of benzene rings is 3. The van der Waals surface area contributed by atoms with Crippen molar-refractivity contribution in [1.29, 1.82) is 0 Å². The summed E-state index contributed by atoms with van der Waals surface area (Å²) in [6.07, 6.45) is 3.30. The third-order valence-corrected chi connectivity index (χ3v) is 5.06. The van der Waals surface area contributed by atoms with Crippen LogP contribution in [-0.2, 0) is 6.54 Å². The van der Waals surface area contributed by atoms with Gasteiger partial charge in [0, 0.05) is 12.1 Å². The molecular formula is C26H23ClNO3+. The lowest BCUT2D eigenvalue weighted by Crippen LogP contribution is -2.41. The lowest BCUT2D eigenvalue weighted by atomic mass is 10.1. The van der Waals surface area contributed by atoms with Crippen LogP contribution in [0.1, 0.15) is 0 Å². The largest absolute Gasteiger partial charge is 0.491 e. The van der Waals surface area contributed by atoms with Gasteiger partial charge in [-0.1, -0.05) is 54.1 Å². The van der Waals surface area contributed by atoms with E-state index in [2.05, 4.69) is 12.1 Å². The molecule has 0 spiro atoms. The second-order valence-corrected chi connectivity index (χ2v) is 7.53. The molecule has 0 fully saturated rings. The minimum absolute atomic E-state index is 0.193. The van der Waals surface area contributed by atoms with Gasteiger partial charge in [0.15, 0.2) is 18.9 Å². The van der Waals surface area contributed by atoms with E-state index >= 15 is 0 Å². The summed E-state index contributed by atoms with van der Waals surface area (Å²) in [5, 5.41) is 10.9. The number of rotatable bonds is 8. The third kappa shape index (κ3) is 5.85. The molecule has 0 aliphatic carbocycles. The summed E-state index contributed by atoms with van der Waals surface area (Å²) in [5.74, 6) is 1.92. The highest BCUT2D eigenvalue weighted by Gasteiger charge is 2.12. The molecule has 0 amide bonds. The number of pyridine rings is 1. The zero-order valence-corrected chi connectivity index (χ0v) is 17.7. The standard InChI is InChI=1S/C26H23ClNO3/c27-25-8-4-5-9-26(25)31-24-12-10-23(11-13-24)30-19-22(29)18-28-16-14-21(15-17-28)20-6-2-1-3-7-20/h1-17,22,29H,18-19H2/q+1/t22-/m0/s1. The molecule has 5 heteroatoms. The number of aliphatic hydroxyl groups excluding tert-OH is 1. The number of para-hydroxylation sites is 1. The van der Waals surface area contributed by atoms with Gasteiger partial charge in [0.25, 0.3) is 0 Å². The van der Waals surface area contributed by atoms with E-state index in [-0.39, 0.29) is 6.61 Å². The molecule has 1 heterocycles. The first-order valence-corrected chi connectivity index (χ1v) is 10.4. The van der Waals surface area contributed by atoms with Gasteiger partial charge in [-0.2, -0.15) is 0 Å². The highest BCUT2D eigenvalue weighted by Crippen LogP contribution is 2.29. The van der Waals surface area contributed by atoms with Crippen LogP contribution in [0.15, 0.2) is 103 Å². The Bertz CT molecular complexity index is 1100. The van der Waals surface area contributed by atoms with Gasteiger partial charge in [0.2, 0.25) is 0 Å². The first-order valence-electron chi connectivity index (χ1n) is 10.1. The first-order chi connectivity index (χ1) is 15.2. The van der Waals surface area contributed by atoms with Crippen molar-refractivity contribution in [3.8, 4) is 28.4 Å². The minimum atomic E-state index is -0.633. The Hall–Kier alpha value is -3.34. The number of aliphatic hydroxyl groups is 1. The normalized spacial score (nSPS) is 11.7. The number of hydrogen-bond acceptors (Lipinski definition) is 3. The fraction of sp³-hybridized carbons (Fsp3) is 0.115. The van der Waals surface area contributed by atoms with Crippen LogP contribution >= 0.6 is 11.6 Å². The van der Waals surface area contributed by atoms with Crippen molar-refractivity contribution >= 4 is 11.6 Å². The van der Waals surface area contributed by atoms with Crippen LogP contribution in [0, 0.1) is 0 Å². The summed E-state index contributed by atoms with van der Waals surface area (Å²) in [7, 11) is 0. The predicted molar refractivity (Wildman–Crippen MR) is 122 cm³/mol. The van der Waals surface area contributed by atoms with Crippen molar-refractivity contribution in [2.45, 2.75) is 12.6 Å². The van der Waals surface area contributed by atoms with Crippen LogP contribution in [0.2, 0.25) is 5.02 Å². The van der Waals surface area contributed by atoms with Crippen LogP contribution in [0.25, 0.3) is 11.1 Å². The number of halogens is 1. The maximum absolute atomic E-state index is 10.3. The van der Waals surface area contributed by atoms with E-state index in [9.17, 15) is 5.11 Å². The molecule has 4 nitrogen and oxygen atoms in total. The van der Waals surface area contributed by atoms with E-state index in [4.69, 9.17) is 21.1 Å². The zero-order valence-electron chi connectivity index (χ0n) is 16.9. The minimum Gasteiger partial charge on any atom is -0.491 e. The number of aromatic nitrogens is 1. The predicted octanol–water partition coefficient (Wildman–Crippen LogP) is 5.53. The number of hydrogen-bond donors (Lipinski definition) is 1. The van der Waals surface area contributed by atoms with E-state index in [0.717, 1.165) is 5.56 Å². The lowest BCUT2D eigenvalue weighted by Gasteiger charge is -2.11. The molecule has 4 aromatic rings. The molecule has 1 aromatic heterocycles. The van der Waals surface area contributed by atoms with Gasteiger partial charge in [0.1, 0.15) is 30.0 Å².